The number of aryl methyl sites for hydroxylation is 2. The molecule has 0 atom stereocenters. The number of oxazole rings is 1. The van der Waals surface area contributed by atoms with Gasteiger partial charge in [-0.25, -0.2) is 4.98 Å². The van der Waals surface area contributed by atoms with Crippen molar-refractivity contribution in [3.8, 4) is 0 Å². The van der Waals surface area contributed by atoms with E-state index in [0.29, 0.717) is 0 Å². The fourth-order valence-corrected chi connectivity index (χ4v) is 1.66. The monoisotopic (exact) mass is 204 g/mol. The molecule has 1 aromatic heterocycles. The number of benzene rings is 1. The maximum absolute atomic E-state index is 5.64. The number of unbranched alkanes of at least 4 members (excludes halogenated alkanes) is 1. The van der Waals surface area contributed by atoms with Crippen LogP contribution in [-0.2, 0) is 6.42 Å². The molecule has 2 rings (SSSR count). The van der Waals surface area contributed by atoms with Gasteiger partial charge in [-0.15, -0.1) is 0 Å². The van der Waals surface area contributed by atoms with Gasteiger partial charge < -0.3 is 10.2 Å². The van der Waals surface area contributed by atoms with E-state index in [1.807, 2.05) is 12.1 Å². The van der Waals surface area contributed by atoms with E-state index >= 15 is 0 Å². The van der Waals surface area contributed by atoms with Crippen molar-refractivity contribution < 1.29 is 4.42 Å². The third kappa shape index (κ3) is 2.18. The second-order valence-corrected chi connectivity index (χ2v) is 3.78. The first-order chi connectivity index (χ1) is 7.31. The standard InChI is InChI=1S/C12H16N2O/c1-9-5-4-6-10-12(9)14-11(15-10)7-2-3-8-13/h4-6H,2-3,7-8,13H2,1H3. The molecule has 0 fully saturated rings. The van der Waals surface area contributed by atoms with Gasteiger partial charge >= 0.3 is 0 Å². The van der Waals surface area contributed by atoms with Gasteiger partial charge in [0.1, 0.15) is 5.52 Å². The topological polar surface area (TPSA) is 52.0 Å². The van der Waals surface area contributed by atoms with Crippen LogP contribution in [0.25, 0.3) is 11.1 Å². The van der Waals surface area contributed by atoms with Crippen molar-refractivity contribution in [2.75, 3.05) is 6.54 Å². The zero-order chi connectivity index (χ0) is 10.7. The molecule has 3 heteroatoms. The smallest absolute Gasteiger partial charge is 0.195 e. The summed E-state index contributed by atoms with van der Waals surface area (Å²) < 4.78 is 5.64. The summed E-state index contributed by atoms with van der Waals surface area (Å²) in [6, 6.07) is 6.00. The highest BCUT2D eigenvalue weighted by Gasteiger charge is 2.06. The van der Waals surface area contributed by atoms with Crippen LogP contribution in [0.2, 0.25) is 0 Å². The molecule has 0 aliphatic carbocycles. The Bertz CT molecular complexity index is 448. The number of hydrogen-bond donors (Lipinski definition) is 1. The number of hydrogen-bond acceptors (Lipinski definition) is 3. The second kappa shape index (κ2) is 4.45. The van der Waals surface area contributed by atoms with Gasteiger partial charge in [-0.1, -0.05) is 12.1 Å². The van der Waals surface area contributed by atoms with Crippen molar-refractivity contribution in [1.29, 1.82) is 0 Å². The number of aromatic nitrogens is 1. The molecule has 0 aliphatic heterocycles. The zero-order valence-electron chi connectivity index (χ0n) is 8.99. The van der Waals surface area contributed by atoms with E-state index in [1.165, 1.54) is 5.56 Å². The first kappa shape index (κ1) is 10.2. The van der Waals surface area contributed by atoms with E-state index < -0.39 is 0 Å². The van der Waals surface area contributed by atoms with Gasteiger partial charge in [0.2, 0.25) is 0 Å². The lowest BCUT2D eigenvalue weighted by molar-refractivity contribution is 0.515. The molecular weight excluding hydrogens is 188 g/mol. The van der Waals surface area contributed by atoms with E-state index in [0.717, 1.165) is 42.8 Å². The molecule has 0 unspecified atom stereocenters. The first-order valence-electron chi connectivity index (χ1n) is 5.36. The molecule has 2 aromatic rings. The molecule has 0 bridgehead atoms. The lowest BCUT2D eigenvalue weighted by atomic mass is 10.2. The van der Waals surface area contributed by atoms with E-state index in [2.05, 4.69) is 18.0 Å². The molecule has 1 aromatic carbocycles. The molecule has 80 valence electrons. The van der Waals surface area contributed by atoms with E-state index in [9.17, 15) is 0 Å². The van der Waals surface area contributed by atoms with Crippen molar-refractivity contribution in [2.45, 2.75) is 26.2 Å². The average Bonchev–Trinajstić information content (AvgIpc) is 2.63. The Morgan fingerprint density at radius 2 is 2.20 bits per heavy atom. The van der Waals surface area contributed by atoms with Crippen LogP contribution in [0.4, 0.5) is 0 Å². The molecule has 2 N–H and O–H groups in total. The summed E-state index contributed by atoms with van der Waals surface area (Å²) in [7, 11) is 0. The Kier molecular flexibility index (Phi) is 3.02. The summed E-state index contributed by atoms with van der Waals surface area (Å²) in [4.78, 5) is 4.48. The predicted molar refractivity (Wildman–Crippen MR) is 60.7 cm³/mol. The van der Waals surface area contributed by atoms with Crippen LogP contribution in [-0.4, -0.2) is 11.5 Å². The lowest BCUT2D eigenvalue weighted by Gasteiger charge is -1.92. The Morgan fingerprint density at radius 3 is 2.93 bits per heavy atom. The van der Waals surface area contributed by atoms with Crippen LogP contribution in [0.3, 0.4) is 0 Å². The van der Waals surface area contributed by atoms with Gasteiger partial charge in [-0.2, -0.15) is 0 Å². The predicted octanol–water partition coefficient (Wildman–Crippen LogP) is 2.42. The van der Waals surface area contributed by atoms with E-state index in [4.69, 9.17) is 10.2 Å². The zero-order valence-corrected chi connectivity index (χ0v) is 8.99. The molecule has 0 spiro atoms. The van der Waals surface area contributed by atoms with Gasteiger partial charge in [0, 0.05) is 6.42 Å². The molecule has 15 heavy (non-hydrogen) atoms. The molecule has 0 aliphatic rings. The van der Waals surface area contributed by atoms with Crippen molar-refractivity contribution in [1.82, 2.24) is 4.98 Å². The highest BCUT2D eigenvalue weighted by Crippen LogP contribution is 2.19. The Hall–Kier alpha value is -1.35. The van der Waals surface area contributed by atoms with Crippen LogP contribution in [0.15, 0.2) is 22.6 Å². The molecule has 0 radical (unpaired) electrons. The number of fused-ring (bicyclic) bond motifs is 1. The normalized spacial score (nSPS) is 11.1. The highest BCUT2D eigenvalue weighted by atomic mass is 16.3. The summed E-state index contributed by atoms with van der Waals surface area (Å²) in [5, 5.41) is 0. The minimum Gasteiger partial charge on any atom is -0.441 e. The number of rotatable bonds is 4. The highest BCUT2D eigenvalue weighted by molar-refractivity contribution is 5.76. The van der Waals surface area contributed by atoms with Crippen LogP contribution in [0.1, 0.15) is 24.3 Å². The summed E-state index contributed by atoms with van der Waals surface area (Å²) in [5.74, 6) is 0.827. The molecule has 0 saturated heterocycles. The van der Waals surface area contributed by atoms with E-state index in [1.54, 1.807) is 0 Å². The van der Waals surface area contributed by atoms with Gasteiger partial charge in [0.15, 0.2) is 11.5 Å². The molecular formula is C12H16N2O. The van der Waals surface area contributed by atoms with Gasteiger partial charge in [-0.3, -0.25) is 0 Å². The molecule has 3 nitrogen and oxygen atoms in total. The summed E-state index contributed by atoms with van der Waals surface area (Å²) in [5.41, 5.74) is 8.48. The third-order valence-electron chi connectivity index (χ3n) is 2.51. The number of para-hydroxylation sites is 1. The van der Waals surface area contributed by atoms with Crippen LogP contribution in [0.5, 0.6) is 0 Å². The third-order valence-corrected chi connectivity index (χ3v) is 2.51. The van der Waals surface area contributed by atoms with Crippen molar-refractivity contribution in [3.05, 3.63) is 29.7 Å². The van der Waals surface area contributed by atoms with E-state index in [-0.39, 0.29) is 0 Å². The molecule has 1 heterocycles. The Balaban J connectivity index is 2.20. The minimum absolute atomic E-state index is 0.735. The average molecular weight is 204 g/mol. The number of nitrogens with two attached hydrogens (primary N) is 1. The SMILES string of the molecule is Cc1cccc2oc(CCCCN)nc12. The summed E-state index contributed by atoms with van der Waals surface area (Å²) in [6.07, 6.45) is 2.95. The minimum atomic E-state index is 0.735. The Labute approximate surface area is 89.3 Å². The van der Waals surface area contributed by atoms with Crippen molar-refractivity contribution in [2.24, 2.45) is 5.73 Å². The number of nitrogens with zero attached hydrogens (tertiary/aromatic N) is 1. The largest absolute Gasteiger partial charge is 0.441 e. The maximum Gasteiger partial charge on any atom is 0.195 e. The molecule has 0 saturated carbocycles. The molecule has 0 amide bonds. The quantitative estimate of drug-likeness (QED) is 0.778. The fourth-order valence-electron chi connectivity index (χ4n) is 1.66. The second-order valence-electron chi connectivity index (χ2n) is 3.78. The summed E-state index contributed by atoms with van der Waals surface area (Å²) >= 11 is 0. The summed E-state index contributed by atoms with van der Waals surface area (Å²) in [6.45, 7) is 2.79. The van der Waals surface area contributed by atoms with Crippen molar-refractivity contribution in [3.63, 3.8) is 0 Å². The van der Waals surface area contributed by atoms with Crippen LogP contribution < -0.4 is 5.73 Å². The van der Waals surface area contributed by atoms with Crippen LogP contribution >= 0.6 is 0 Å². The maximum atomic E-state index is 5.64. The Morgan fingerprint density at radius 1 is 1.33 bits per heavy atom. The van der Waals surface area contributed by atoms with Gasteiger partial charge in [0.05, 0.1) is 0 Å². The lowest BCUT2D eigenvalue weighted by Crippen LogP contribution is -1.98. The van der Waals surface area contributed by atoms with Gasteiger partial charge in [-0.05, 0) is 37.9 Å². The first-order valence-corrected chi connectivity index (χ1v) is 5.36. The van der Waals surface area contributed by atoms with Crippen LogP contribution in [0, 0.1) is 6.92 Å². The fraction of sp³-hybridized carbons (Fsp3) is 0.417. The van der Waals surface area contributed by atoms with Gasteiger partial charge in [0.25, 0.3) is 0 Å². The van der Waals surface area contributed by atoms with Crippen molar-refractivity contribution >= 4 is 11.1 Å².